The minimum atomic E-state index is -2.65. The molecule has 7 N–H and O–H groups in total. The first-order chi connectivity index (χ1) is 24.8. The minimum Gasteiger partial charge on any atom is -0.389 e. The predicted octanol–water partition coefficient (Wildman–Crippen LogP) is -0.804. The van der Waals surface area contributed by atoms with Crippen LogP contribution in [-0.4, -0.2) is 214 Å². The number of ether oxygens (including phenoxy) is 3. The van der Waals surface area contributed by atoms with E-state index in [1.54, 1.807) is 42.7 Å². The first-order valence-electron chi connectivity index (χ1n) is 18.5. The van der Waals surface area contributed by atoms with Gasteiger partial charge < -0.3 is 72.5 Å². The van der Waals surface area contributed by atoms with Crippen LogP contribution in [0.4, 0.5) is 0 Å². The lowest BCUT2D eigenvalue weighted by Crippen LogP contribution is -2.45. The van der Waals surface area contributed by atoms with Gasteiger partial charge in [0.15, 0.2) is 0 Å². The van der Waals surface area contributed by atoms with Crippen molar-refractivity contribution >= 4 is 17.6 Å². The number of hydrogen-bond donors (Lipinski definition) is 6. The van der Waals surface area contributed by atoms with Gasteiger partial charge in [-0.3, -0.25) is 9.80 Å². The molecule has 0 aliphatic carbocycles. The highest BCUT2D eigenvalue weighted by Gasteiger charge is 2.37. The molecule has 3 unspecified atom stereocenters. The molecule has 0 spiro atoms. The molecule has 0 radical (unpaired) electrons. The average Bonchev–Trinajstić information content (AvgIpc) is 3.11. The van der Waals surface area contributed by atoms with Crippen molar-refractivity contribution in [2.24, 2.45) is 5.73 Å². The molecule has 0 amide bonds. The van der Waals surface area contributed by atoms with Crippen molar-refractivity contribution in [2.45, 2.75) is 69.6 Å². The summed E-state index contributed by atoms with van der Waals surface area (Å²) in [6, 6.07) is 1.26. The van der Waals surface area contributed by atoms with Crippen LogP contribution < -0.4 is 16.4 Å². The lowest BCUT2D eigenvalue weighted by Gasteiger charge is -2.29. The molecule has 17 nitrogen and oxygen atoms in total. The zero-order valence-electron chi connectivity index (χ0n) is 33.9. The second-order valence-corrected chi connectivity index (χ2v) is 19.9. The molecular formula is C33H77N5O12Si2. The molecule has 0 fully saturated rings. The second kappa shape index (κ2) is 30.9. The quantitative estimate of drug-likeness (QED) is 0.0337. The monoisotopic (exact) mass is 792 g/mol. The summed E-state index contributed by atoms with van der Waals surface area (Å²) in [5.41, 5.74) is 5.46. The highest BCUT2D eigenvalue weighted by atomic mass is 28.4. The van der Waals surface area contributed by atoms with Crippen molar-refractivity contribution in [1.82, 2.24) is 20.4 Å². The van der Waals surface area contributed by atoms with Gasteiger partial charge in [-0.1, -0.05) is 0 Å². The molecule has 52 heavy (non-hydrogen) atoms. The first-order valence-corrected chi connectivity index (χ1v) is 22.3. The normalized spacial score (nSPS) is 14.8. The van der Waals surface area contributed by atoms with E-state index in [1.165, 1.54) is 0 Å². The molecule has 0 bridgehead atoms. The molecule has 0 rings (SSSR count). The molecule has 3 atom stereocenters. The fourth-order valence-corrected chi connectivity index (χ4v) is 8.75. The molecule has 0 aromatic carbocycles. The van der Waals surface area contributed by atoms with Crippen LogP contribution in [0.2, 0.25) is 12.1 Å². The van der Waals surface area contributed by atoms with Crippen molar-refractivity contribution in [1.29, 1.82) is 0 Å². The van der Waals surface area contributed by atoms with Crippen molar-refractivity contribution in [3.63, 3.8) is 0 Å². The van der Waals surface area contributed by atoms with Crippen LogP contribution in [0.3, 0.4) is 0 Å². The van der Waals surface area contributed by atoms with Crippen LogP contribution in [0, 0.1) is 0 Å². The zero-order chi connectivity index (χ0) is 39.3. The Balaban J connectivity index is 4.53. The van der Waals surface area contributed by atoms with E-state index < -0.39 is 35.9 Å². The fraction of sp³-hybridized carbons (Fsp3) is 1.00. The number of aliphatic hydroxyl groups excluding tert-OH is 3. The average molecular weight is 792 g/mol. The summed E-state index contributed by atoms with van der Waals surface area (Å²) < 4.78 is 49.8. The van der Waals surface area contributed by atoms with Crippen molar-refractivity contribution in [2.75, 3.05) is 148 Å². The first kappa shape index (κ1) is 51.8. The summed E-state index contributed by atoms with van der Waals surface area (Å²) in [4.78, 5) is 4.15. The van der Waals surface area contributed by atoms with Crippen LogP contribution in [0.5, 0.6) is 0 Å². The molecule has 0 aliphatic rings. The number of nitrogens with one attached hydrogen (secondary N) is 2. The topological polar surface area (TPSA) is 200 Å². The van der Waals surface area contributed by atoms with Gasteiger partial charge in [-0.2, -0.15) is 0 Å². The van der Waals surface area contributed by atoms with Gasteiger partial charge in [0.25, 0.3) is 0 Å². The Morgan fingerprint density at radius 3 is 1.35 bits per heavy atom. The van der Waals surface area contributed by atoms with Gasteiger partial charge in [0, 0.05) is 140 Å². The van der Waals surface area contributed by atoms with E-state index in [9.17, 15) is 15.3 Å². The largest absolute Gasteiger partial charge is 0.500 e. The molecular weight excluding hydrogens is 715 g/mol. The Kier molecular flexibility index (Phi) is 30.8. The Hall–Kier alpha value is -0.246. The van der Waals surface area contributed by atoms with Crippen LogP contribution in [0.25, 0.3) is 0 Å². The van der Waals surface area contributed by atoms with Crippen molar-refractivity contribution in [3.05, 3.63) is 0 Å². The summed E-state index contributed by atoms with van der Waals surface area (Å²) in [6.07, 6.45) is -0.637. The van der Waals surface area contributed by atoms with Gasteiger partial charge in [0.2, 0.25) is 0 Å². The van der Waals surface area contributed by atoms with E-state index in [1.807, 2.05) is 25.7 Å². The summed E-state index contributed by atoms with van der Waals surface area (Å²) in [6.45, 7) is 14.1. The van der Waals surface area contributed by atoms with Crippen molar-refractivity contribution in [3.8, 4) is 0 Å². The Labute approximate surface area is 316 Å². The molecule has 19 heteroatoms. The van der Waals surface area contributed by atoms with E-state index in [-0.39, 0.29) is 25.4 Å². The fourth-order valence-electron chi connectivity index (χ4n) is 5.37. The smallest absolute Gasteiger partial charge is 0.389 e. The van der Waals surface area contributed by atoms with Crippen molar-refractivity contribution < 1.29 is 56.1 Å². The number of nitrogens with zero attached hydrogens (tertiary/aromatic N) is 2. The highest BCUT2D eigenvalue weighted by Crippen LogP contribution is 2.16. The maximum Gasteiger partial charge on any atom is 0.500 e. The van der Waals surface area contributed by atoms with E-state index in [0.29, 0.717) is 84.0 Å². The van der Waals surface area contributed by atoms with E-state index in [0.717, 1.165) is 26.2 Å². The van der Waals surface area contributed by atoms with Gasteiger partial charge >= 0.3 is 17.6 Å². The molecule has 0 aromatic rings. The highest BCUT2D eigenvalue weighted by molar-refractivity contribution is 6.60. The maximum absolute atomic E-state index is 10.7. The number of nitrogens with two attached hydrogens (primary N) is 1. The molecule has 0 heterocycles. The Morgan fingerprint density at radius 2 is 0.962 bits per heavy atom. The molecule has 0 aliphatic heterocycles. The maximum atomic E-state index is 10.7. The standard InChI is InChI=1S/C33H77N5O12Si2/c1-33(2,3)50-29-32(41)26-38(25-31(40)28-49-21-11-23-52(45-7,46-8)47-9)19-16-36-14-13-35-15-18-37(17-12-34)24-30(39)27-48-20-10-22-51(42-4,43-5)44-6/h30-32,35-36,39-41H,10-29,34H2,1-9H3. The van der Waals surface area contributed by atoms with E-state index >= 15 is 0 Å². The predicted molar refractivity (Wildman–Crippen MR) is 205 cm³/mol. The van der Waals surface area contributed by atoms with Gasteiger partial charge in [0.1, 0.15) is 0 Å². The summed E-state index contributed by atoms with van der Waals surface area (Å²) in [5, 5.41) is 38.8. The lowest BCUT2D eigenvalue weighted by molar-refractivity contribution is -0.0601. The Morgan fingerprint density at radius 1 is 0.577 bits per heavy atom. The van der Waals surface area contributed by atoms with E-state index in [4.69, 9.17) is 46.5 Å². The SMILES string of the molecule is CO[Si](CCCOCC(O)CN(CCN)CCNCCNCCN(CC(O)COCCC[Si](OC)(OC)OC)CC(O)COC(C)(C)C)(OC)OC. The minimum absolute atomic E-state index is 0.176. The summed E-state index contributed by atoms with van der Waals surface area (Å²) in [5.74, 6) is 0. The number of rotatable bonds is 37. The zero-order valence-corrected chi connectivity index (χ0v) is 35.9. The molecule has 314 valence electrons. The number of hydrogen-bond acceptors (Lipinski definition) is 17. The van der Waals surface area contributed by atoms with Gasteiger partial charge in [0.05, 0.1) is 43.7 Å². The summed E-state index contributed by atoms with van der Waals surface area (Å²) in [7, 11) is 4.26. The lowest BCUT2D eigenvalue weighted by atomic mass is 10.2. The molecule has 0 saturated heterocycles. The molecule has 0 saturated carbocycles. The van der Waals surface area contributed by atoms with Gasteiger partial charge in [-0.25, -0.2) is 0 Å². The van der Waals surface area contributed by atoms with Crippen LogP contribution in [0.1, 0.15) is 33.6 Å². The third-order valence-corrected chi connectivity index (χ3v) is 13.9. The van der Waals surface area contributed by atoms with Gasteiger partial charge in [-0.05, 0) is 33.6 Å². The summed E-state index contributed by atoms with van der Waals surface area (Å²) >= 11 is 0. The van der Waals surface area contributed by atoms with Gasteiger partial charge in [-0.15, -0.1) is 0 Å². The third-order valence-electron chi connectivity index (χ3n) is 8.28. The van der Waals surface area contributed by atoms with Crippen LogP contribution >= 0.6 is 0 Å². The van der Waals surface area contributed by atoms with Crippen LogP contribution in [0.15, 0.2) is 0 Å². The Bertz CT molecular complexity index is 803. The van der Waals surface area contributed by atoms with E-state index in [2.05, 4.69) is 15.5 Å². The van der Waals surface area contributed by atoms with Crippen LogP contribution in [-0.2, 0) is 40.8 Å². The number of aliphatic hydroxyl groups is 3. The third kappa shape index (κ3) is 25.8. The molecule has 0 aromatic heterocycles. The second-order valence-electron chi connectivity index (χ2n) is 13.7.